The Kier molecular flexibility index (Phi) is 9.46. The Balaban J connectivity index is 0.00000300. The van der Waals surface area contributed by atoms with Gasteiger partial charge in [0.15, 0.2) is 5.96 Å². The Morgan fingerprint density at radius 2 is 1.93 bits per heavy atom. The zero-order valence-electron chi connectivity index (χ0n) is 17.2. The van der Waals surface area contributed by atoms with E-state index in [0.29, 0.717) is 13.1 Å². The largest absolute Gasteiger partial charge is 0.497 e. The quantitative estimate of drug-likeness (QED) is 0.353. The minimum absolute atomic E-state index is 0. The molecule has 1 aliphatic rings. The van der Waals surface area contributed by atoms with Gasteiger partial charge in [-0.25, -0.2) is 4.98 Å². The first-order valence-corrected chi connectivity index (χ1v) is 9.57. The van der Waals surface area contributed by atoms with Crippen molar-refractivity contribution in [3.63, 3.8) is 0 Å². The average molecular weight is 511 g/mol. The average Bonchev–Trinajstić information content (AvgIpc) is 2.74. The van der Waals surface area contributed by atoms with Crippen molar-refractivity contribution in [2.45, 2.75) is 26.1 Å². The summed E-state index contributed by atoms with van der Waals surface area (Å²) in [7, 11) is 3.44. The van der Waals surface area contributed by atoms with Gasteiger partial charge < -0.3 is 25.0 Å². The number of methoxy groups -OCH3 is 1. The van der Waals surface area contributed by atoms with Gasteiger partial charge in [0.05, 0.1) is 19.8 Å². The van der Waals surface area contributed by atoms with Crippen molar-refractivity contribution in [1.29, 1.82) is 0 Å². The number of aromatic nitrogens is 1. The monoisotopic (exact) mass is 511 g/mol. The number of guanidine groups is 1. The highest BCUT2D eigenvalue weighted by molar-refractivity contribution is 14.0. The lowest BCUT2D eigenvalue weighted by Crippen LogP contribution is -2.41. The molecule has 0 amide bonds. The molecule has 158 valence electrons. The number of hydrogen-bond donors (Lipinski definition) is 2. The number of rotatable bonds is 6. The molecule has 1 saturated heterocycles. The van der Waals surface area contributed by atoms with Crippen LogP contribution in [0, 0.1) is 0 Å². The molecule has 1 unspecified atom stereocenters. The third-order valence-electron chi connectivity index (χ3n) is 4.68. The van der Waals surface area contributed by atoms with Crippen LogP contribution in [0.3, 0.4) is 0 Å². The number of morpholine rings is 1. The van der Waals surface area contributed by atoms with E-state index in [2.05, 4.69) is 38.5 Å². The maximum atomic E-state index is 5.62. The van der Waals surface area contributed by atoms with Crippen molar-refractivity contribution in [2.75, 3.05) is 38.8 Å². The molecule has 1 aliphatic heterocycles. The topological polar surface area (TPSA) is 71.0 Å². The summed E-state index contributed by atoms with van der Waals surface area (Å²) in [4.78, 5) is 11.1. The van der Waals surface area contributed by atoms with E-state index in [4.69, 9.17) is 9.47 Å². The maximum Gasteiger partial charge on any atom is 0.191 e. The summed E-state index contributed by atoms with van der Waals surface area (Å²) in [5.74, 6) is 2.61. The van der Waals surface area contributed by atoms with Gasteiger partial charge in [-0.1, -0.05) is 12.1 Å². The number of nitrogens with one attached hydrogen (secondary N) is 2. The number of pyridine rings is 1. The second kappa shape index (κ2) is 11.8. The first-order valence-electron chi connectivity index (χ1n) is 9.57. The second-order valence-electron chi connectivity index (χ2n) is 6.78. The molecule has 7 nitrogen and oxygen atoms in total. The molecule has 0 spiro atoms. The lowest BCUT2D eigenvalue weighted by atomic mass is 10.2. The SMILES string of the molecule is CN=C(NCc1ccc(OC)cc1)NCc1ccnc(N2CCOC(C)C2)c1.I. The first kappa shape index (κ1) is 23.2. The molecule has 0 saturated carbocycles. The third-order valence-corrected chi connectivity index (χ3v) is 4.68. The van der Waals surface area contributed by atoms with Crippen molar-refractivity contribution >= 4 is 35.8 Å². The standard InChI is InChI=1S/C21H29N5O2.HI/c1-16-15-26(10-11-28-16)20-12-18(8-9-23-20)14-25-21(22-2)24-13-17-4-6-19(27-3)7-5-17;/h4-9,12,16H,10-11,13-15H2,1-3H3,(H2,22,24,25);1H. The van der Waals surface area contributed by atoms with Crippen LogP contribution < -0.4 is 20.3 Å². The normalized spacial score (nSPS) is 16.7. The van der Waals surface area contributed by atoms with Crippen LogP contribution in [0.25, 0.3) is 0 Å². The molecule has 2 aromatic rings. The highest BCUT2D eigenvalue weighted by atomic mass is 127. The molecule has 1 atom stereocenters. The van der Waals surface area contributed by atoms with E-state index < -0.39 is 0 Å². The smallest absolute Gasteiger partial charge is 0.191 e. The van der Waals surface area contributed by atoms with E-state index in [9.17, 15) is 0 Å². The van der Waals surface area contributed by atoms with Crippen molar-refractivity contribution in [1.82, 2.24) is 15.6 Å². The van der Waals surface area contributed by atoms with E-state index in [0.717, 1.165) is 48.4 Å². The van der Waals surface area contributed by atoms with Crippen LogP contribution in [-0.2, 0) is 17.8 Å². The van der Waals surface area contributed by atoms with Gasteiger partial charge in [0.25, 0.3) is 0 Å². The molecule has 8 heteroatoms. The van der Waals surface area contributed by atoms with Crippen molar-refractivity contribution < 1.29 is 9.47 Å². The van der Waals surface area contributed by atoms with Gasteiger partial charge in [0.1, 0.15) is 11.6 Å². The molecule has 29 heavy (non-hydrogen) atoms. The van der Waals surface area contributed by atoms with Gasteiger partial charge in [-0.15, -0.1) is 24.0 Å². The van der Waals surface area contributed by atoms with Crippen molar-refractivity contribution in [3.05, 3.63) is 53.7 Å². The minimum Gasteiger partial charge on any atom is -0.497 e. The Labute approximate surface area is 189 Å². The molecule has 1 fully saturated rings. The van der Waals surface area contributed by atoms with Gasteiger partial charge in [-0.05, 0) is 42.3 Å². The summed E-state index contributed by atoms with van der Waals surface area (Å²) < 4.78 is 10.8. The Hall–Kier alpha value is -2.07. The Bertz CT molecular complexity index is 785. The lowest BCUT2D eigenvalue weighted by molar-refractivity contribution is 0.0529. The predicted octanol–water partition coefficient (Wildman–Crippen LogP) is 2.80. The van der Waals surface area contributed by atoms with E-state index >= 15 is 0 Å². The lowest BCUT2D eigenvalue weighted by Gasteiger charge is -2.32. The van der Waals surface area contributed by atoms with Crippen LogP contribution in [-0.4, -0.2) is 50.9 Å². The Morgan fingerprint density at radius 1 is 1.21 bits per heavy atom. The summed E-state index contributed by atoms with van der Waals surface area (Å²) in [6.07, 6.45) is 2.10. The van der Waals surface area contributed by atoms with Crippen molar-refractivity contribution in [2.24, 2.45) is 4.99 Å². The summed E-state index contributed by atoms with van der Waals surface area (Å²) in [6.45, 7) is 5.95. The van der Waals surface area contributed by atoms with E-state index in [1.54, 1.807) is 14.2 Å². The fourth-order valence-electron chi connectivity index (χ4n) is 3.11. The molecular weight excluding hydrogens is 481 g/mol. The van der Waals surface area contributed by atoms with Crippen LogP contribution in [0.1, 0.15) is 18.1 Å². The number of benzene rings is 1. The van der Waals surface area contributed by atoms with Crippen LogP contribution in [0.4, 0.5) is 5.82 Å². The zero-order valence-corrected chi connectivity index (χ0v) is 19.6. The number of ether oxygens (including phenoxy) is 2. The highest BCUT2D eigenvalue weighted by Crippen LogP contribution is 2.16. The number of anilines is 1. The highest BCUT2D eigenvalue weighted by Gasteiger charge is 2.18. The van der Waals surface area contributed by atoms with E-state index in [1.165, 1.54) is 0 Å². The summed E-state index contributed by atoms with van der Waals surface area (Å²) in [5, 5.41) is 6.69. The fraction of sp³-hybridized carbons (Fsp3) is 0.429. The number of nitrogens with zero attached hydrogens (tertiary/aromatic N) is 3. The van der Waals surface area contributed by atoms with E-state index in [1.807, 2.05) is 36.5 Å². The predicted molar refractivity (Wildman–Crippen MR) is 127 cm³/mol. The summed E-state index contributed by atoms with van der Waals surface area (Å²) >= 11 is 0. The second-order valence-corrected chi connectivity index (χ2v) is 6.78. The minimum atomic E-state index is 0. The fourth-order valence-corrected chi connectivity index (χ4v) is 3.11. The number of hydrogen-bond acceptors (Lipinski definition) is 5. The molecule has 3 rings (SSSR count). The first-order chi connectivity index (χ1) is 13.7. The van der Waals surface area contributed by atoms with Crippen LogP contribution >= 0.6 is 24.0 Å². The molecule has 2 N–H and O–H groups in total. The molecule has 2 heterocycles. The molecular formula is C21H30IN5O2. The van der Waals surface area contributed by atoms with E-state index in [-0.39, 0.29) is 30.1 Å². The van der Waals surface area contributed by atoms with Gasteiger partial charge >= 0.3 is 0 Å². The summed E-state index contributed by atoms with van der Waals surface area (Å²) in [5.41, 5.74) is 2.33. The zero-order chi connectivity index (χ0) is 19.8. The number of halogens is 1. The van der Waals surface area contributed by atoms with Crippen LogP contribution in [0.15, 0.2) is 47.6 Å². The molecule has 0 bridgehead atoms. The maximum absolute atomic E-state index is 5.62. The Morgan fingerprint density at radius 3 is 2.59 bits per heavy atom. The van der Waals surface area contributed by atoms with Crippen LogP contribution in [0.5, 0.6) is 5.75 Å². The number of aliphatic imine (C=N–C) groups is 1. The molecule has 0 aliphatic carbocycles. The molecule has 0 radical (unpaired) electrons. The molecule has 1 aromatic heterocycles. The van der Waals surface area contributed by atoms with Gasteiger partial charge in [0.2, 0.25) is 0 Å². The third kappa shape index (κ3) is 7.04. The van der Waals surface area contributed by atoms with Gasteiger partial charge in [-0.3, -0.25) is 4.99 Å². The summed E-state index contributed by atoms with van der Waals surface area (Å²) in [6, 6.07) is 12.1. The molecule has 1 aromatic carbocycles. The van der Waals surface area contributed by atoms with Gasteiger partial charge in [0, 0.05) is 39.4 Å². The van der Waals surface area contributed by atoms with Crippen LogP contribution in [0.2, 0.25) is 0 Å². The van der Waals surface area contributed by atoms with Crippen molar-refractivity contribution in [3.8, 4) is 5.75 Å². The van der Waals surface area contributed by atoms with Gasteiger partial charge in [-0.2, -0.15) is 0 Å².